The van der Waals surface area contributed by atoms with E-state index in [4.69, 9.17) is 18.9 Å². The lowest BCUT2D eigenvalue weighted by Gasteiger charge is -2.12. The van der Waals surface area contributed by atoms with E-state index < -0.39 is 5.97 Å². The van der Waals surface area contributed by atoms with Crippen LogP contribution in [0.3, 0.4) is 0 Å². The fourth-order valence-corrected chi connectivity index (χ4v) is 2.23. The Hall–Kier alpha value is -3.28. The number of rotatable bonds is 8. The van der Waals surface area contributed by atoms with Gasteiger partial charge in [-0.15, -0.1) is 0 Å². The molecule has 0 atom stereocenters. The standard InChI is InChI=1S/C20H20O6/c1-23-17-12-19(25-3)18(24-2)11-15(17)9-10-20(22)26-13-16(21)14-7-5-4-6-8-14/h4-12H,13H2,1-3H3/b10-9+. The fraction of sp³-hybridized carbons (Fsp3) is 0.200. The van der Waals surface area contributed by atoms with Crippen molar-refractivity contribution in [1.82, 2.24) is 0 Å². The first kappa shape index (κ1) is 19.1. The molecule has 0 radical (unpaired) electrons. The van der Waals surface area contributed by atoms with Crippen molar-refractivity contribution in [2.45, 2.75) is 0 Å². The van der Waals surface area contributed by atoms with Crippen LogP contribution in [0.5, 0.6) is 17.2 Å². The number of carbonyl (C=O) groups excluding carboxylic acids is 2. The second-order valence-electron chi connectivity index (χ2n) is 5.18. The summed E-state index contributed by atoms with van der Waals surface area (Å²) in [7, 11) is 4.55. The number of esters is 1. The van der Waals surface area contributed by atoms with Crippen LogP contribution in [0, 0.1) is 0 Å². The van der Waals surface area contributed by atoms with E-state index in [1.54, 1.807) is 36.4 Å². The minimum Gasteiger partial charge on any atom is -0.496 e. The Balaban J connectivity index is 2.04. The number of methoxy groups -OCH3 is 3. The molecule has 0 saturated carbocycles. The number of hydrogen-bond acceptors (Lipinski definition) is 6. The quantitative estimate of drug-likeness (QED) is 0.411. The van der Waals surface area contributed by atoms with Gasteiger partial charge in [-0.05, 0) is 12.1 Å². The Morgan fingerprint density at radius 3 is 2.12 bits per heavy atom. The van der Waals surface area contributed by atoms with E-state index >= 15 is 0 Å². The van der Waals surface area contributed by atoms with Crippen LogP contribution in [-0.2, 0) is 9.53 Å². The summed E-state index contributed by atoms with van der Waals surface area (Å²) in [6.45, 7) is -0.323. The highest BCUT2D eigenvalue weighted by Crippen LogP contribution is 2.35. The number of carbonyl (C=O) groups is 2. The smallest absolute Gasteiger partial charge is 0.331 e. The van der Waals surface area contributed by atoms with Crippen molar-refractivity contribution < 1.29 is 28.5 Å². The topological polar surface area (TPSA) is 71.1 Å². The molecule has 0 heterocycles. The minimum absolute atomic E-state index is 0.268. The molecule has 0 aliphatic rings. The molecule has 0 aliphatic carbocycles. The van der Waals surface area contributed by atoms with Gasteiger partial charge in [-0.3, -0.25) is 4.79 Å². The molecule has 0 unspecified atom stereocenters. The summed E-state index contributed by atoms with van der Waals surface area (Å²) in [6, 6.07) is 12.0. The number of ether oxygens (including phenoxy) is 4. The van der Waals surface area contributed by atoms with Crippen molar-refractivity contribution in [3.63, 3.8) is 0 Å². The SMILES string of the molecule is COc1cc(OC)c(OC)cc1/C=C/C(=O)OCC(=O)c1ccccc1. The Bertz CT molecular complexity index is 795. The Morgan fingerprint density at radius 2 is 1.50 bits per heavy atom. The molecule has 2 rings (SSSR count). The second kappa shape index (κ2) is 9.27. The summed E-state index contributed by atoms with van der Waals surface area (Å²) < 4.78 is 20.7. The maximum atomic E-state index is 11.9. The van der Waals surface area contributed by atoms with Gasteiger partial charge in [0.25, 0.3) is 0 Å². The molecule has 0 aromatic heterocycles. The fourth-order valence-electron chi connectivity index (χ4n) is 2.23. The van der Waals surface area contributed by atoms with E-state index in [0.717, 1.165) is 0 Å². The molecule has 0 fully saturated rings. The molecule has 0 amide bonds. The highest BCUT2D eigenvalue weighted by molar-refractivity contribution is 5.98. The summed E-state index contributed by atoms with van der Waals surface area (Å²) in [5.41, 5.74) is 1.10. The lowest BCUT2D eigenvalue weighted by molar-refractivity contribution is -0.136. The normalized spacial score (nSPS) is 10.4. The summed E-state index contributed by atoms with van der Waals surface area (Å²) in [4.78, 5) is 23.8. The maximum absolute atomic E-state index is 11.9. The lowest BCUT2D eigenvalue weighted by Crippen LogP contribution is -2.12. The van der Waals surface area contributed by atoms with Crippen LogP contribution in [0.15, 0.2) is 48.5 Å². The highest BCUT2D eigenvalue weighted by atomic mass is 16.5. The van der Waals surface area contributed by atoms with Gasteiger partial charge in [0, 0.05) is 23.3 Å². The van der Waals surface area contributed by atoms with Crippen molar-refractivity contribution in [1.29, 1.82) is 0 Å². The Morgan fingerprint density at radius 1 is 0.885 bits per heavy atom. The zero-order valence-corrected chi connectivity index (χ0v) is 14.9. The zero-order chi connectivity index (χ0) is 18.9. The molecule has 136 valence electrons. The van der Waals surface area contributed by atoms with Gasteiger partial charge in [-0.2, -0.15) is 0 Å². The first-order chi connectivity index (χ1) is 12.6. The summed E-state index contributed by atoms with van der Waals surface area (Å²) in [5, 5.41) is 0. The van der Waals surface area contributed by atoms with Gasteiger partial charge in [0.1, 0.15) is 5.75 Å². The van der Waals surface area contributed by atoms with Crippen molar-refractivity contribution in [3.8, 4) is 17.2 Å². The van der Waals surface area contributed by atoms with E-state index in [2.05, 4.69) is 0 Å². The number of hydrogen-bond donors (Lipinski definition) is 0. The van der Waals surface area contributed by atoms with Crippen LogP contribution >= 0.6 is 0 Å². The molecule has 0 aliphatic heterocycles. The average Bonchev–Trinajstić information content (AvgIpc) is 2.70. The van der Waals surface area contributed by atoms with Crippen molar-refractivity contribution in [2.75, 3.05) is 27.9 Å². The third kappa shape index (κ3) is 4.86. The predicted octanol–water partition coefficient (Wildman–Crippen LogP) is 3.15. The van der Waals surface area contributed by atoms with Gasteiger partial charge in [-0.25, -0.2) is 4.79 Å². The van der Waals surface area contributed by atoms with Crippen LogP contribution in [0.1, 0.15) is 15.9 Å². The van der Waals surface area contributed by atoms with Crippen molar-refractivity contribution in [3.05, 3.63) is 59.7 Å². The summed E-state index contributed by atoms with van der Waals surface area (Å²) in [6.07, 6.45) is 2.75. The molecule has 6 nitrogen and oxygen atoms in total. The lowest BCUT2D eigenvalue weighted by atomic mass is 10.1. The molecular weight excluding hydrogens is 336 g/mol. The molecule has 0 N–H and O–H groups in total. The molecule has 2 aromatic rings. The maximum Gasteiger partial charge on any atom is 0.331 e. The zero-order valence-electron chi connectivity index (χ0n) is 14.9. The second-order valence-corrected chi connectivity index (χ2v) is 5.18. The minimum atomic E-state index is -0.633. The van der Waals surface area contributed by atoms with Crippen LogP contribution in [-0.4, -0.2) is 39.7 Å². The number of benzene rings is 2. The first-order valence-electron chi connectivity index (χ1n) is 7.82. The van der Waals surface area contributed by atoms with E-state index in [1.807, 2.05) is 6.07 Å². The van der Waals surface area contributed by atoms with E-state index in [0.29, 0.717) is 28.4 Å². The molecule has 26 heavy (non-hydrogen) atoms. The molecule has 2 aromatic carbocycles. The molecule has 0 bridgehead atoms. The van der Waals surface area contributed by atoms with Crippen LogP contribution < -0.4 is 14.2 Å². The third-order valence-corrected chi connectivity index (χ3v) is 3.58. The van der Waals surface area contributed by atoms with Crippen molar-refractivity contribution >= 4 is 17.8 Å². The van der Waals surface area contributed by atoms with E-state index in [-0.39, 0.29) is 12.4 Å². The van der Waals surface area contributed by atoms with Crippen molar-refractivity contribution in [2.24, 2.45) is 0 Å². The van der Waals surface area contributed by atoms with E-state index in [1.165, 1.54) is 33.5 Å². The summed E-state index contributed by atoms with van der Waals surface area (Å²) >= 11 is 0. The van der Waals surface area contributed by atoms with E-state index in [9.17, 15) is 9.59 Å². The molecular formula is C20H20O6. The van der Waals surface area contributed by atoms with Gasteiger partial charge >= 0.3 is 5.97 Å². The van der Waals surface area contributed by atoms with Crippen LogP contribution in [0.4, 0.5) is 0 Å². The van der Waals surface area contributed by atoms with Gasteiger partial charge in [0.05, 0.1) is 21.3 Å². The Kier molecular flexibility index (Phi) is 6.79. The molecule has 6 heteroatoms. The van der Waals surface area contributed by atoms with Gasteiger partial charge in [0.15, 0.2) is 23.9 Å². The van der Waals surface area contributed by atoms with Gasteiger partial charge < -0.3 is 18.9 Å². The number of Topliss-reactive ketones (excluding diaryl/α,β-unsaturated/α-hetero) is 1. The largest absolute Gasteiger partial charge is 0.496 e. The van der Waals surface area contributed by atoms with Gasteiger partial charge in [0.2, 0.25) is 0 Å². The number of ketones is 1. The monoisotopic (exact) mass is 356 g/mol. The highest BCUT2D eigenvalue weighted by Gasteiger charge is 2.11. The average molecular weight is 356 g/mol. The Labute approximate surface area is 151 Å². The van der Waals surface area contributed by atoms with Gasteiger partial charge in [-0.1, -0.05) is 30.3 Å². The third-order valence-electron chi connectivity index (χ3n) is 3.58. The van der Waals surface area contributed by atoms with Crippen LogP contribution in [0.25, 0.3) is 6.08 Å². The first-order valence-corrected chi connectivity index (χ1v) is 7.82. The molecule has 0 saturated heterocycles. The van der Waals surface area contributed by atoms with Crippen LogP contribution in [0.2, 0.25) is 0 Å². The predicted molar refractivity (Wildman–Crippen MR) is 96.9 cm³/mol. The molecule has 0 spiro atoms. The summed E-state index contributed by atoms with van der Waals surface area (Å²) in [5.74, 6) is 0.618.